The van der Waals surface area contributed by atoms with Crippen LogP contribution in [0.2, 0.25) is 0 Å². The second-order valence-electron chi connectivity index (χ2n) is 17.7. The largest absolute Gasteiger partial charge is 0.476 e. The summed E-state index contributed by atoms with van der Waals surface area (Å²) in [4.78, 5) is 56.0. The summed E-state index contributed by atoms with van der Waals surface area (Å²) in [6.45, 7) is 7.95. The molecule has 0 spiro atoms. The van der Waals surface area contributed by atoms with E-state index in [1.54, 1.807) is 45.9 Å². The maximum absolute atomic E-state index is 12.9. The van der Waals surface area contributed by atoms with Crippen molar-refractivity contribution in [3.63, 3.8) is 0 Å². The van der Waals surface area contributed by atoms with Crippen molar-refractivity contribution in [3.05, 3.63) is 93.0 Å². The topological polar surface area (TPSA) is 249 Å². The van der Waals surface area contributed by atoms with Crippen LogP contribution >= 0.6 is 0 Å². The summed E-state index contributed by atoms with van der Waals surface area (Å²) in [7, 11) is -1.31. The number of nitrogens with zero attached hydrogens (tertiary/aromatic N) is 12. The van der Waals surface area contributed by atoms with E-state index in [9.17, 15) is 19.1 Å². The van der Waals surface area contributed by atoms with Gasteiger partial charge in [-0.2, -0.15) is 15.5 Å². The molecule has 10 rings (SSSR count). The van der Waals surface area contributed by atoms with Gasteiger partial charge in [0.2, 0.25) is 22.9 Å². The lowest BCUT2D eigenvalue weighted by Gasteiger charge is -2.17. The Balaban J connectivity index is 0.000000152. The molecule has 6 aromatic heterocycles. The van der Waals surface area contributed by atoms with Crippen LogP contribution in [0.3, 0.4) is 0 Å². The van der Waals surface area contributed by atoms with Crippen molar-refractivity contribution in [1.82, 2.24) is 48.8 Å². The highest BCUT2D eigenvalue weighted by Crippen LogP contribution is 2.32. The summed E-state index contributed by atoms with van der Waals surface area (Å²) in [6.07, 6.45) is 21.1. The first kappa shape index (κ1) is 48.6. The minimum atomic E-state index is -1.31. The van der Waals surface area contributed by atoms with Gasteiger partial charge in [-0.15, -0.1) is 0 Å². The zero-order valence-corrected chi connectivity index (χ0v) is 39.8. The molecule has 69 heavy (non-hydrogen) atoms. The smallest absolute Gasteiger partial charge is 0.270 e. The number of hydrogen-bond acceptors (Lipinski definition) is 17. The Bertz CT molecular complexity index is 2930. The molecular formula is C49H58N14O5S. The molecule has 19 nitrogen and oxygen atoms in total. The molecule has 4 aliphatic rings. The van der Waals surface area contributed by atoms with E-state index >= 15 is 0 Å². The lowest BCUT2D eigenvalue weighted by molar-refractivity contribution is 0.232. The van der Waals surface area contributed by atoms with E-state index in [1.165, 1.54) is 57.3 Å². The van der Waals surface area contributed by atoms with Gasteiger partial charge in [-0.25, -0.2) is 24.9 Å². The fourth-order valence-electron chi connectivity index (χ4n) is 9.30. The van der Waals surface area contributed by atoms with Gasteiger partial charge in [0.1, 0.15) is 47.8 Å². The van der Waals surface area contributed by atoms with Crippen molar-refractivity contribution < 1.29 is 13.7 Å². The molecule has 2 saturated carbocycles. The van der Waals surface area contributed by atoms with Crippen molar-refractivity contribution in [2.45, 2.75) is 94.3 Å². The van der Waals surface area contributed by atoms with Crippen LogP contribution in [0.1, 0.15) is 100 Å². The highest BCUT2D eigenvalue weighted by atomic mass is 32.2. The van der Waals surface area contributed by atoms with Gasteiger partial charge in [0.05, 0.1) is 34.6 Å². The Morgan fingerprint density at radius 2 is 1.16 bits per heavy atom. The molecule has 0 radical (unpaired) electrons. The van der Waals surface area contributed by atoms with Crippen LogP contribution in [0.4, 0.5) is 17.3 Å². The molecule has 360 valence electrons. The fraction of sp³-hybridized carbons (Fsp3) is 0.469. The minimum Gasteiger partial charge on any atom is -0.476 e. The van der Waals surface area contributed by atoms with Crippen molar-refractivity contribution in [3.8, 4) is 23.9 Å². The number of ether oxygens (including phenoxy) is 2. The van der Waals surface area contributed by atoms with E-state index in [4.69, 9.17) is 20.5 Å². The van der Waals surface area contributed by atoms with Gasteiger partial charge in [-0.05, 0) is 102 Å². The van der Waals surface area contributed by atoms with Crippen LogP contribution in [-0.4, -0.2) is 112 Å². The van der Waals surface area contributed by atoms with E-state index in [0.29, 0.717) is 58.7 Å². The zero-order chi connectivity index (χ0) is 48.1. The summed E-state index contributed by atoms with van der Waals surface area (Å²) in [5, 5.41) is 23.2. The monoisotopic (exact) mass is 954 g/mol. The molecule has 2 aliphatic heterocycles. The maximum Gasteiger partial charge on any atom is 0.270 e. The van der Waals surface area contributed by atoms with Crippen molar-refractivity contribution in [2.24, 2.45) is 0 Å². The molecule has 20 heteroatoms. The molecule has 8 heterocycles. The molecule has 3 N–H and O–H groups in total. The quantitative estimate of drug-likeness (QED) is 0.125. The predicted molar refractivity (Wildman–Crippen MR) is 263 cm³/mol. The first-order valence-electron chi connectivity index (χ1n) is 23.8. The van der Waals surface area contributed by atoms with E-state index in [-0.39, 0.29) is 39.5 Å². The molecule has 1 unspecified atom stereocenters. The van der Waals surface area contributed by atoms with Crippen LogP contribution in [0.5, 0.6) is 11.8 Å². The highest BCUT2D eigenvalue weighted by molar-refractivity contribution is 7.84. The number of nitrogen functional groups attached to an aromatic ring is 1. The maximum atomic E-state index is 12.9. The van der Waals surface area contributed by atoms with Gasteiger partial charge in [0, 0.05) is 66.7 Å². The highest BCUT2D eigenvalue weighted by Gasteiger charge is 2.25. The Labute approximate surface area is 402 Å². The third-order valence-corrected chi connectivity index (χ3v) is 13.6. The summed E-state index contributed by atoms with van der Waals surface area (Å²) in [5.74, 6) is 1.62. The van der Waals surface area contributed by atoms with Crippen LogP contribution in [0.25, 0.3) is 22.1 Å². The van der Waals surface area contributed by atoms with E-state index in [0.717, 1.165) is 83.2 Å². The van der Waals surface area contributed by atoms with E-state index < -0.39 is 10.8 Å². The Kier molecular flexibility index (Phi) is 16.5. The number of hydrogen-bond donors (Lipinski definition) is 2. The second kappa shape index (κ2) is 23.4. The number of pyridine rings is 4. The average molecular weight is 955 g/mol. The number of fused-ring (bicyclic) bond motifs is 2. The third-order valence-electron chi connectivity index (χ3n) is 12.9. The molecule has 0 bridgehead atoms. The van der Waals surface area contributed by atoms with E-state index in [1.807, 2.05) is 24.3 Å². The number of likely N-dealkylation sites (tertiary alicyclic amines) is 2. The van der Waals surface area contributed by atoms with Crippen LogP contribution in [0, 0.1) is 22.7 Å². The summed E-state index contributed by atoms with van der Waals surface area (Å²) in [5.41, 5.74) is 7.59. The molecule has 0 aromatic carbocycles. The second-order valence-corrected chi connectivity index (χ2v) is 18.9. The number of rotatable bonds is 13. The standard InChI is InChI=1S/C24H27N7O2.C14H14N4O2S.C11H17N3O/c25-14-17-13-18-15-27-24(29-22(18)31(23(17)32)20-5-1-2-6-20)28-19-7-8-21(26-16-19)33-12-11-30-9-3-4-10-30;1-21(20)14-16-8-10-6-9(7-15)13(19)18(12(10)17-14)11-4-2-3-5-11;12-10-3-4-11(13-9-10)15-8-7-14-5-1-2-6-14/h7-8,13,15-16,20H,1-6,9-12H2,(H,27,28,29);6,8,11H,2-5H2,1H3;3-4,9H,1-2,5-8,12H2. The first-order chi connectivity index (χ1) is 33.7. The minimum absolute atomic E-state index is 0.0568. The number of nitrogens with one attached hydrogen (secondary N) is 1. The molecule has 0 amide bonds. The van der Waals surface area contributed by atoms with Gasteiger partial charge >= 0.3 is 0 Å². The van der Waals surface area contributed by atoms with Crippen LogP contribution in [-0.2, 0) is 10.8 Å². The SMILES string of the molecule is CS(=O)c1ncc2cc(C#N)c(=O)n(C3CCCC3)c2n1.N#Cc1cc2cnc(Nc3ccc(OCCN4CCCC4)nc3)nc2n(C2CCCC2)c1=O.Nc1ccc(OCCN2CCCC2)nc1. The normalized spacial score (nSPS) is 16.9. The third kappa shape index (κ3) is 12.4. The molecule has 2 saturated heterocycles. The molecule has 1 atom stereocenters. The molecular weight excluding hydrogens is 897 g/mol. The first-order valence-corrected chi connectivity index (χ1v) is 25.4. The lowest BCUT2D eigenvalue weighted by Crippen LogP contribution is -2.27. The van der Waals surface area contributed by atoms with Gasteiger partial charge in [0.25, 0.3) is 11.1 Å². The van der Waals surface area contributed by atoms with Crippen molar-refractivity contribution in [2.75, 3.05) is 69.8 Å². The van der Waals surface area contributed by atoms with Crippen molar-refractivity contribution >= 4 is 50.2 Å². The van der Waals surface area contributed by atoms with Crippen LogP contribution in [0.15, 0.2) is 75.9 Å². The molecule has 6 aromatic rings. The van der Waals surface area contributed by atoms with Crippen molar-refractivity contribution in [1.29, 1.82) is 10.5 Å². The van der Waals surface area contributed by atoms with Gasteiger partial charge in [0.15, 0.2) is 0 Å². The fourth-order valence-corrected chi connectivity index (χ4v) is 9.72. The summed E-state index contributed by atoms with van der Waals surface area (Å²) < 4.78 is 26.1. The Morgan fingerprint density at radius 3 is 1.62 bits per heavy atom. The van der Waals surface area contributed by atoms with Crippen LogP contribution < -0.4 is 31.6 Å². The van der Waals surface area contributed by atoms with Gasteiger partial charge in [-0.1, -0.05) is 25.7 Å². The molecule has 4 fully saturated rings. The average Bonchev–Trinajstić information content (AvgIpc) is 4.24. The number of aromatic nitrogens is 8. The predicted octanol–water partition coefficient (Wildman–Crippen LogP) is 6.05. The lowest BCUT2D eigenvalue weighted by atomic mass is 10.2. The Morgan fingerprint density at radius 1 is 0.667 bits per heavy atom. The Hall–Kier alpha value is -6.87. The number of nitriles is 2. The zero-order valence-electron chi connectivity index (χ0n) is 39.0. The summed E-state index contributed by atoms with van der Waals surface area (Å²) >= 11 is 0. The number of nitrogens with two attached hydrogens (primary N) is 1. The van der Waals surface area contributed by atoms with Gasteiger partial charge in [-0.3, -0.25) is 32.7 Å². The summed E-state index contributed by atoms with van der Waals surface area (Å²) in [6, 6.07) is 14.5. The van der Waals surface area contributed by atoms with Gasteiger partial charge < -0.3 is 20.5 Å². The number of anilines is 3. The van der Waals surface area contributed by atoms with E-state index in [2.05, 4.69) is 45.0 Å². The molecule has 2 aliphatic carbocycles.